The van der Waals surface area contributed by atoms with Gasteiger partial charge in [-0.3, -0.25) is 0 Å². The quantitative estimate of drug-likeness (QED) is 0.776. The van der Waals surface area contributed by atoms with E-state index in [0.717, 1.165) is 18.0 Å². The molecule has 0 N–H and O–H groups in total. The van der Waals surface area contributed by atoms with E-state index in [4.69, 9.17) is 5.26 Å². The second kappa shape index (κ2) is 4.63. The molecule has 84 valence electrons. The van der Waals surface area contributed by atoms with Crippen LogP contribution in [-0.2, 0) is 6.54 Å². The van der Waals surface area contributed by atoms with Crippen molar-refractivity contribution in [3.8, 4) is 6.07 Å². The Hall–Kier alpha value is -1.40. The molecule has 2 rings (SSSR count). The minimum absolute atomic E-state index is 0.270. The molecule has 0 bridgehead atoms. The first-order valence-corrected chi connectivity index (χ1v) is 5.56. The van der Waals surface area contributed by atoms with Crippen molar-refractivity contribution in [2.75, 3.05) is 13.6 Å². The SMILES string of the molecule is CN(Cc1cc(F)ccc1C#N)CC1CC1. The highest BCUT2D eigenvalue weighted by Gasteiger charge is 2.23. The van der Waals surface area contributed by atoms with Crippen molar-refractivity contribution in [3.05, 3.63) is 35.1 Å². The first-order valence-electron chi connectivity index (χ1n) is 5.56. The minimum atomic E-state index is -0.270. The molecule has 2 nitrogen and oxygen atoms in total. The summed E-state index contributed by atoms with van der Waals surface area (Å²) >= 11 is 0. The van der Waals surface area contributed by atoms with Crippen LogP contribution in [-0.4, -0.2) is 18.5 Å². The van der Waals surface area contributed by atoms with Crippen LogP contribution in [0.4, 0.5) is 4.39 Å². The molecule has 0 radical (unpaired) electrons. The van der Waals surface area contributed by atoms with Crippen LogP contribution in [0.3, 0.4) is 0 Å². The summed E-state index contributed by atoms with van der Waals surface area (Å²) < 4.78 is 13.1. The highest BCUT2D eigenvalue weighted by atomic mass is 19.1. The lowest BCUT2D eigenvalue weighted by Crippen LogP contribution is -2.21. The average Bonchev–Trinajstić information content (AvgIpc) is 3.02. The monoisotopic (exact) mass is 218 g/mol. The summed E-state index contributed by atoms with van der Waals surface area (Å²) in [7, 11) is 2.02. The summed E-state index contributed by atoms with van der Waals surface area (Å²) in [6, 6.07) is 6.45. The third-order valence-corrected chi connectivity index (χ3v) is 2.89. The molecule has 0 amide bonds. The maximum Gasteiger partial charge on any atom is 0.123 e. The van der Waals surface area contributed by atoms with Crippen LogP contribution in [0.2, 0.25) is 0 Å². The van der Waals surface area contributed by atoms with Crippen molar-refractivity contribution in [1.29, 1.82) is 5.26 Å². The van der Waals surface area contributed by atoms with E-state index in [1.165, 1.54) is 25.0 Å². The van der Waals surface area contributed by atoms with Gasteiger partial charge in [-0.1, -0.05) is 0 Å². The van der Waals surface area contributed by atoms with Crippen molar-refractivity contribution < 1.29 is 4.39 Å². The minimum Gasteiger partial charge on any atom is -0.302 e. The summed E-state index contributed by atoms with van der Waals surface area (Å²) in [6.45, 7) is 1.69. The van der Waals surface area contributed by atoms with Gasteiger partial charge in [0.25, 0.3) is 0 Å². The molecular weight excluding hydrogens is 203 g/mol. The zero-order valence-corrected chi connectivity index (χ0v) is 9.41. The molecule has 0 spiro atoms. The number of rotatable bonds is 4. The van der Waals surface area contributed by atoms with Gasteiger partial charge in [0.15, 0.2) is 0 Å². The predicted octanol–water partition coefficient (Wildman–Crippen LogP) is 2.54. The first-order chi connectivity index (χ1) is 7.69. The van der Waals surface area contributed by atoms with Crippen molar-refractivity contribution in [1.82, 2.24) is 4.90 Å². The lowest BCUT2D eigenvalue weighted by atomic mass is 10.1. The lowest BCUT2D eigenvalue weighted by molar-refractivity contribution is 0.312. The highest BCUT2D eigenvalue weighted by molar-refractivity contribution is 5.37. The van der Waals surface area contributed by atoms with Crippen LogP contribution in [0.25, 0.3) is 0 Å². The van der Waals surface area contributed by atoms with Gasteiger partial charge in [-0.2, -0.15) is 5.26 Å². The highest BCUT2D eigenvalue weighted by Crippen LogP contribution is 2.29. The van der Waals surface area contributed by atoms with Gasteiger partial charge < -0.3 is 4.90 Å². The van der Waals surface area contributed by atoms with Crippen molar-refractivity contribution in [2.45, 2.75) is 19.4 Å². The normalized spacial score (nSPS) is 15.1. The fourth-order valence-electron chi connectivity index (χ4n) is 1.90. The van der Waals surface area contributed by atoms with Crippen LogP contribution in [0.1, 0.15) is 24.0 Å². The van der Waals surface area contributed by atoms with Crippen LogP contribution in [0, 0.1) is 23.1 Å². The van der Waals surface area contributed by atoms with E-state index in [0.29, 0.717) is 12.1 Å². The smallest absolute Gasteiger partial charge is 0.123 e. The average molecular weight is 218 g/mol. The number of benzene rings is 1. The van der Waals surface area contributed by atoms with Crippen LogP contribution >= 0.6 is 0 Å². The molecule has 0 heterocycles. The third kappa shape index (κ3) is 2.80. The maximum atomic E-state index is 13.1. The molecule has 0 aromatic heterocycles. The number of hydrogen-bond donors (Lipinski definition) is 0. The maximum absolute atomic E-state index is 13.1. The Labute approximate surface area is 95.3 Å². The molecule has 1 aromatic rings. The van der Waals surface area contributed by atoms with Crippen molar-refractivity contribution in [3.63, 3.8) is 0 Å². The molecule has 0 aliphatic heterocycles. The van der Waals surface area contributed by atoms with Crippen LogP contribution < -0.4 is 0 Å². The molecule has 1 saturated carbocycles. The van der Waals surface area contributed by atoms with Gasteiger partial charge in [0.1, 0.15) is 5.82 Å². The topological polar surface area (TPSA) is 27.0 Å². The summed E-state index contributed by atoms with van der Waals surface area (Å²) in [4.78, 5) is 2.16. The van der Waals surface area contributed by atoms with E-state index in [9.17, 15) is 4.39 Å². The van der Waals surface area contributed by atoms with E-state index in [2.05, 4.69) is 11.0 Å². The molecule has 1 aliphatic rings. The molecular formula is C13H15FN2. The second-order valence-electron chi connectivity index (χ2n) is 4.55. The predicted molar refractivity (Wildman–Crippen MR) is 60.2 cm³/mol. The summed E-state index contributed by atoms with van der Waals surface area (Å²) in [5, 5.41) is 8.93. The fourth-order valence-corrected chi connectivity index (χ4v) is 1.90. The number of halogens is 1. The number of hydrogen-bond acceptors (Lipinski definition) is 2. The Morgan fingerprint density at radius 2 is 2.25 bits per heavy atom. The number of nitriles is 1. The zero-order chi connectivity index (χ0) is 11.5. The van der Waals surface area contributed by atoms with Gasteiger partial charge in [-0.05, 0) is 49.6 Å². The Bertz CT molecular complexity index is 418. The summed E-state index contributed by atoms with van der Waals surface area (Å²) in [5.41, 5.74) is 1.36. The fraction of sp³-hybridized carbons (Fsp3) is 0.462. The van der Waals surface area contributed by atoms with Crippen LogP contribution in [0.15, 0.2) is 18.2 Å². The van der Waals surface area contributed by atoms with Crippen molar-refractivity contribution >= 4 is 0 Å². The van der Waals surface area contributed by atoms with Gasteiger partial charge in [0.05, 0.1) is 11.6 Å². The van der Waals surface area contributed by atoms with Gasteiger partial charge in [-0.25, -0.2) is 4.39 Å². The Morgan fingerprint density at radius 1 is 1.50 bits per heavy atom. The molecule has 0 unspecified atom stereocenters. The second-order valence-corrected chi connectivity index (χ2v) is 4.55. The molecule has 0 atom stereocenters. The van der Waals surface area contributed by atoms with Crippen molar-refractivity contribution in [2.24, 2.45) is 5.92 Å². The molecule has 1 aromatic carbocycles. The van der Waals surface area contributed by atoms with Crippen LogP contribution in [0.5, 0.6) is 0 Å². The Balaban J connectivity index is 2.06. The first kappa shape index (κ1) is 11.1. The third-order valence-electron chi connectivity index (χ3n) is 2.89. The molecule has 1 aliphatic carbocycles. The van der Waals surface area contributed by atoms with Gasteiger partial charge in [0, 0.05) is 13.1 Å². The van der Waals surface area contributed by atoms with E-state index >= 15 is 0 Å². The van der Waals surface area contributed by atoms with E-state index in [-0.39, 0.29) is 5.82 Å². The molecule has 1 fully saturated rings. The number of nitrogens with zero attached hydrogens (tertiary/aromatic N) is 2. The zero-order valence-electron chi connectivity index (χ0n) is 9.41. The summed E-state index contributed by atoms with van der Waals surface area (Å²) in [6.07, 6.45) is 2.61. The Kier molecular flexibility index (Phi) is 3.21. The van der Waals surface area contributed by atoms with E-state index in [1.54, 1.807) is 6.07 Å². The van der Waals surface area contributed by atoms with Gasteiger partial charge in [-0.15, -0.1) is 0 Å². The molecule has 16 heavy (non-hydrogen) atoms. The van der Waals surface area contributed by atoms with Gasteiger partial charge >= 0.3 is 0 Å². The van der Waals surface area contributed by atoms with E-state index < -0.39 is 0 Å². The summed E-state index contributed by atoms with van der Waals surface area (Å²) in [5.74, 6) is 0.540. The van der Waals surface area contributed by atoms with E-state index in [1.807, 2.05) is 7.05 Å². The Morgan fingerprint density at radius 3 is 2.88 bits per heavy atom. The molecule has 0 saturated heterocycles. The standard InChI is InChI=1S/C13H15FN2/c1-16(8-10-2-3-10)9-12-6-13(14)5-4-11(12)7-15/h4-6,10H,2-3,8-9H2,1H3. The lowest BCUT2D eigenvalue weighted by Gasteiger charge is -2.16. The molecule has 3 heteroatoms. The van der Waals surface area contributed by atoms with Gasteiger partial charge in [0.2, 0.25) is 0 Å². The largest absolute Gasteiger partial charge is 0.302 e.